The average Bonchev–Trinajstić information content (AvgIpc) is 2.34. The van der Waals surface area contributed by atoms with Crippen LogP contribution in [0.4, 0.5) is 5.69 Å². The van der Waals surface area contributed by atoms with Gasteiger partial charge in [-0.3, -0.25) is 9.59 Å². The number of nitrogens with zero attached hydrogens (tertiary/aromatic N) is 1. The fourth-order valence-corrected chi connectivity index (χ4v) is 1.38. The molecule has 0 aliphatic carbocycles. The van der Waals surface area contributed by atoms with Crippen molar-refractivity contribution in [2.75, 3.05) is 5.73 Å². The Hall–Kier alpha value is -2.64. The summed E-state index contributed by atoms with van der Waals surface area (Å²) < 4.78 is 0. The standard InChI is InChI=1S/C11H14N4O4/c12-6-2-1-5-14-9(6)10(17)15-7(11(18)19)3-4-8(13)16/h1-2,5,7H,3-4,12H2,(H2,13,16)(H,15,17)(H,18,19)/t7-/m0/s1. The zero-order valence-electron chi connectivity index (χ0n) is 10.00. The highest BCUT2D eigenvalue weighted by Gasteiger charge is 2.22. The lowest BCUT2D eigenvalue weighted by molar-refractivity contribution is -0.139. The molecule has 0 radical (unpaired) electrons. The predicted molar refractivity (Wildman–Crippen MR) is 66.0 cm³/mol. The van der Waals surface area contributed by atoms with E-state index in [0.717, 1.165) is 0 Å². The number of nitrogens with two attached hydrogens (primary N) is 2. The molecule has 0 saturated carbocycles. The van der Waals surface area contributed by atoms with E-state index in [1.54, 1.807) is 6.07 Å². The summed E-state index contributed by atoms with van der Waals surface area (Å²) in [5.74, 6) is -2.61. The number of hydrogen-bond donors (Lipinski definition) is 4. The maximum atomic E-state index is 11.8. The summed E-state index contributed by atoms with van der Waals surface area (Å²) in [4.78, 5) is 37.1. The molecule has 102 valence electrons. The number of anilines is 1. The molecule has 0 aliphatic heterocycles. The number of primary amides is 1. The fourth-order valence-electron chi connectivity index (χ4n) is 1.38. The molecule has 19 heavy (non-hydrogen) atoms. The Morgan fingerprint density at radius 3 is 2.63 bits per heavy atom. The molecule has 0 aromatic carbocycles. The number of carbonyl (C=O) groups is 3. The molecule has 0 saturated heterocycles. The van der Waals surface area contributed by atoms with Crippen molar-refractivity contribution in [1.29, 1.82) is 0 Å². The van der Waals surface area contributed by atoms with Gasteiger partial charge in [0.1, 0.15) is 6.04 Å². The van der Waals surface area contributed by atoms with Crippen LogP contribution in [-0.2, 0) is 9.59 Å². The third kappa shape index (κ3) is 4.26. The number of carbonyl (C=O) groups excluding carboxylic acids is 2. The van der Waals surface area contributed by atoms with Gasteiger partial charge < -0.3 is 21.9 Å². The van der Waals surface area contributed by atoms with Crippen LogP contribution in [0.3, 0.4) is 0 Å². The van der Waals surface area contributed by atoms with Crippen LogP contribution in [0, 0.1) is 0 Å². The molecule has 2 amide bonds. The van der Waals surface area contributed by atoms with E-state index in [2.05, 4.69) is 10.3 Å². The minimum Gasteiger partial charge on any atom is -0.480 e. The SMILES string of the molecule is NC(=O)CC[C@H](NC(=O)c1ncccc1N)C(=O)O. The fraction of sp³-hybridized carbons (Fsp3) is 0.273. The van der Waals surface area contributed by atoms with Gasteiger partial charge in [-0.1, -0.05) is 0 Å². The van der Waals surface area contributed by atoms with Gasteiger partial charge in [0, 0.05) is 12.6 Å². The van der Waals surface area contributed by atoms with Crippen molar-refractivity contribution in [2.24, 2.45) is 5.73 Å². The number of nitrogen functional groups attached to an aromatic ring is 1. The third-order valence-corrected chi connectivity index (χ3v) is 2.34. The van der Waals surface area contributed by atoms with E-state index in [9.17, 15) is 14.4 Å². The molecule has 0 aliphatic rings. The van der Waals surface area contributed by atoms with Crippen LogP contribution in [0.1, 0.15) is 23.3 Å². The van der Waals surface area contributed by atoms with Crippen molar-refractivity contribution in [3.63, 3.8) is 0 Å². The highest BCUT2D eigenvalue weighted by Crippen LogP contribution is 2.07. The highest BCUT2D eigenvalue weighted by atomic mass is 16.4. The maximum absolute atomic E-state index is 11.8. The van der Waals surface area contributed by atoms with E-state index in [1.165, 1.54) is 12.3 Å². The quantitative estimate of drug-likeness (QED) is 0.525. The van der Waals surface area contributed by atoms with Gasteiger partial charge in [0.05, 0.1) is 5.69 Å². The molecule has 0 spiro atoms. The Morgan fingerprint density at radius 1 is 1.42 bits per heavy atom. The molecular formula is C11H14N4O4. The van der Waals surface area contributed by atoms with E-state index in [0.29, 0.717) is 0 Å². The smallest absolute Gasteiger partial charge is 0.326 e. The number of aliphatic carboxylic acids is 1. The third-order valence-electron chi connectivity index (χ3n) is 2.34. The summed E-state index contributed by atoms with van der Waals surface area (Å²) in [5, 5.41) is 11.2. The molecule has 0 fully saturated rings. The van der Waals surface area contributed by atoms with E-state index in [4.69, 9.17) is 16.6 Å². The van der Waals surface area contributed by atoms with E-state index >= 15 is 0 Å². The summed E-state index contributed by atoms with van der Waals surface area (Å²) in [5.41, 5.74) is 10.6. The Balaban J connectivity index is 2.74. The molecule has 8 heteroatoms. The minimum absolute atomic E-state index is 0.0622. The van der Waals surface area contributed by atoms with Gasteiger partial charge >= 0.3 is 5.97 Å². The molecule has 1 atom stereocenters. The lowest BCUT2D eigenvalue weighted by Gasteiger charge is -2.13. The van der Waals surface area contributed by atoms with Crippen LogP contribution in [0.5, 0.6) is 0 Å². The van der Waals surface area contributed by atoms with Crippen LogP contribution < -0.4 is 16.8 Å². The largest absolute Gasteiger partial charge is 0.480 e. The maximum Gasteiger partial charge on any atom is 0.326 e. The van der Waals surface area contributed by atoms with Crippen molar-refractivity contribution in [1.82, 2.24) is 10.3 Å². The molecule has 1 rings (SSSR count). The summed E-state index contributed by atoms with van der Waals surface area (Å²) >= 11 is 0. The molecule has 1 aromatic heterocycles. The van der Waals surface area contributed by atoms with Crippen molar-refractivity contribution in [3.8, 4) is 0 Å². The van der Waals surface area contributed by atoms with Gasteiger partial charge in [0.25, 0.3) is 5.91 Å². The molecule has 0 unspecified atom stereocenters. The summed E-state index contributed by atoms with van der Waals surface area (Å²) in [6.45, 7) is 0. The number of carboxylic acid groups (broad SMARTS) is 1. The molecule has 1 heterocycles. The normalized spacial score (nSPS) is 11.6. The molecule has 6 N–H and O–H groups in total. The molecule has 0 bridgehead atoms. The predicted octanol–water partition coefficient (Wildman–Crippen LogP) is -0.888. The number of aromatic nitrogens is 1. The van der Waals surface area contributed by atoms with Crippen molar-refractivity contribution in [2.45, 2.75) is 18.9 Å². The Bertz CT molecular complexity index is 503. The number of pyridine rings is 1. The zero-order chi connectivity index (χ0) is 14.4. The Morgan fingerprint density at radius 2 is 2.11 bits per heavy atom. The van der Waals surface area contributed by atoms with Crippen LogP contribution in [0.25, 0.3) is 0 Å². The highest BCUT2D eigenvalue weighted by molar-refractivity contribution is 5.99. The molecule has 1 aromatic rings. The van der Waals surface area contributed by atoms with Crippen molar-refractivity contribution >= 4 is 23.5 Å². The summed E-state index contributed by atoms with van der Waals surface area (Å²) in [7, 11) is 0. The number of amides is 2. The number of nitrogens with one attached hydrogen (secondary N) is 1. The van der Waals surface area contributed by atoms with Crippen LogP contribution in [0.15, 0.2) is 18.3 Å². The minimum atomic E-state index is -1.26. The van der Waals surface area contributed by atoms with Gasteiger partial charge in [-0.05, 0) is 18.6 Å². The van der Waals surface area contributed by atoms with Crippen LogP contribution >= 0.6 is 0 Å². The Labute approximate surface area is 108 Å². The lowest BCUT2D eigenvalue weighted by atomic mass is 10.1. The summed E-state index contributed by atoms with van der Waals surface area (Å²) in [6, 6.07) is 1.80. The first-order valence-electron chi connectivity index (χ1n) is 5.44. The first-order chi connectivity index (χ1) is 8.91. The first-order valence-corrected chi connectivity index (χ1v) is 5.44. The monoisotopic (exact) mass is 266 g/mol. The second-order valence-corrected chi connectivity index (χ2v) is 3.81. The second-order valence-electron chi connectivity index (χ2n) is 3.81. The van der Waals surface area contributed by atoms with Gasteiger partial charge in [-0.15, -0.1) is 0 Å². The van der Waals surface area contributed by atoms with E-state index in [-0.39, 0.29) is 24.2 Å². The number of hydrogen-bond acceptors (Lipinski definition) is 5. The number of rotatable bonds is 6. The molecule has 8 nitrogen and oxygen atoms in total. The Kier molecular flexibility index (Phi) is 4.81. The van der Waals surface area contributed by atoms with Crippen molar-refractivity contribution < 1.29 is 19.5 Å². The van der Waals surface area contributed by atoms with E-state index < -0.39 is 23.8 Å². The number of carboxylic acids is 1. The second kappa shape index (κ2) is 6.34. The van der Waals surface area contributed by atoms with Gasteiger partial charge in [0.2, 0.25) is 5.91 Å². The van der Waals surface area contributed by atoms with E-state index in [1.807, 2.05) is 0 Å². The zero-order valence-corrected chi connectivity index (χ0v) is 10.00. The van der Waals surface area contributed by atoms with Crippen LogP contribution in [0.2, 0.25) is 0 Å². The molecular weight excluding hydrogens is 252 g/mol. The summed E-state index contributed by atoms with van der Waals surface area (Å²) in [6.07, 6.45) is 1.13. The van der Waals surface area contributed by atoms with Crippen LogP contribution in [-0.4, -0.2) is 33.9 Å². The van der Waals surface area contributed by atoms with Crippen molar-refractivity contribution in [3.05, 3.63) is 24.0 Å². The first kappa shape index (κ1) is 14.4. The topological polar surface area (TPSA) is 148 Å². The van der Waals surface area contributed by atoms with Gasteiger partial charge in [-0.2, -0.15) is 0 Å². The average molecular weight is 266 g/mol. The lowest BCUT2D eigenvalue weighted by Crippen LogP contribution is -2.41. The van der Waals surface area contributed by atoms with Gasteiger partial charge in [0.15, 0.2) is 5.69 Å². The van der Waals surface area contributed by atoms with Gasteiger partial charge in [-0.25, -0.2) is 9.78 Å².